The van der Waals surface area contributed by atoms with Crippen LogP contribution in [0.25, 0.3) is 10.4 Å². The molecule has 8 nitrogen and oxygen atoms in total. The number of amides is 1. The summed E-state index contributed by atoms with van der Waals surface area (Å²) in [6, 6.07) is 6.10. The van der Waals surface area contributed by atoms with Crippen LogP contribution < -0.4 is 5.32 Å². The van der Waals surface area contributed by atoms with Crippen LogP contribution in [0, 0.1) is 38.6 Å². The zero-order chi connectivity index (χ0) is 33.1. The number of aryl methyl sites for hydroxylation is 1. The summed E-state index contributed by atoms with van der Waals surface area (Å²) in [7, 11) is 0. The van der Waals surface area contributed by atoms with Crippen molar-refractivity contribution in [3.63, 3.8) is 0 Å². The van der Waals surface area contributed by atoms with Gasteiger partial charge in [-0.3, -0.25) is 14.5 Å². The van der Waals surface area contributed by atoms with E-state index in [2.05, 4.69) is 76.6 Å². The monoisotopic (exact) mass is 751 g/mol. The Labute approximate surface area is 293 Å². The highest BCUT2D eigenvalue weighted by molar-refractivity contribution is 14.1. The van der Waals surface area contributed by atoms with E-state index in [1.165, 1.54) is 24.0 Å². The number of halogens is 1. The maximum atomic E-state index is 12.8. The largest absolute Gasteiger partial charge is 0.365 e. The Kier molecular flexibility index (Phi) is 9.16. The topological polar surface area (TPSA) is 107 Å². The highest BCUT2D eigenvalue weighted by Crippen LogP contribution is 2.65. The Balaban J connectivity index is 1.01. The van der Waals surface area contributed by atoms with Crippen molar-refractivity contribution in [3.8, 4) is 0 Å². The molecule has 0 bridgehead atoms. The molecule has 9 heteroatoms. The molecule has 2 saturated carbocycles. The summed E-state index contributed by atoms with van der Waals surface area (Å²) in [6.45, 7) is 12.2. The predicted molar refractivity (Wildman–Crippen MR) is 192 cm³/mol. The quantitative estimate of drug-likeness (QED) is 0.0997. The molecule has 1 aromatic carbocycles. The van der Waals surface area contributed by atoms with Gasteiger partial charge in [0.15, 0.2) is 0 Å². The van der Waals surface area contributed by atoms with Crippen LogP contribution in [0.5, 0.6) is 0 Å². The van der Waals surface area contributed by atoms with Crippen molar-refractivity contribution in [2.45, 2.75) is 110 Å². The first kappa shape index (κ1) is 33.3. The van der Waals surface area contributed by atoms with E-state index in [9.17, 15) is 9.59 Å². The summed E-state index contributed by atoms with van der Waals surface area (Å²) < 4.78 is 8.20. The molecule has 47 heavy (non-hydrogen) atoms. The van der Waals surface area contributed by atoms with E-state index in [-0.39, 0.29) is 23.0 Å². The fraction of sp³-hybridized carbons (Fsp3) is 0.684. The van der Waals surface area contributed by atoms with Gasteiger partial charge in [0.05, 0.1) is 17.4 Å². The third kappa shape index (κ3) is 5.81. The van der Waals surface area contributed by atoms with Crippen molar-refractivity contribution in [1.29, 1.82) is 0 Å². The summed E-state index contributed by atoms with van der Waals surface area (Å²) in [5.41, 5.74) is 15.1. The molecule has 1 spiro atoms. The Bertz CT molecular complexity index is 1570. The van der Waals surface area contributed by atoms with Crippen molar-refractivity contribution >= 4 is 40.0 Å². The van der Waals surface area contributed by atoms with Crippen LogP contribution in [-0.2, 0) is 20.7 Å². The lowest BCUT2D eigenvalue weighted by Crippen LogP contribution is -2.54. The minimum absolute atomic E-state index is 0.0724. The van der Waals surface area contributed by atoms with Crippen molar-refractivity contribution in [3.05, 3.63) is 60.6 Å². The zero-order valence-electron chi connectivity index (χ0n) is 28.4. The molecule has 4 fully saturated rings. The van der Waals surface area contributed by atoms with E-state index in [0.29, 0.717) is 72.9 Å². The number of allylic oxidation sites excluding steroid dienone is 3. The van der Waals surface area contributed by atoms with E-state index < -0.39 is 0 Å². The molecule has 2 aliphatic heterocycles. The van der Waals surface area contributed by atoms with E-state index in [4.69, 9.17) is 10.3 Å². The van der Waals surface area contributed by atoms with Crippen LogP contribution in [0.3, 0.4) is 0 Å². The molecule has 1 N–H and O–H groups in total. The second kappa shape index (κ2) is 12.9. The molecule has 0 radical (unpaired) electrons. The van der Waals surface area contributed by atoms with Gasteiger partial charge in [-0.25, -0.2) is 0 Å². The van der Waals surface area contributed by atoms with E-state index in [0.717, 1.165) is 54.3 Å². The van der Waals surface area contributed by atoms with Crippen LogP contribution in [0.2, 0.25) is 0 Å². The maximum Gasteiger partial charge on any atom is 0.220 e. The molecule has 9 unspecified atom stereocenters. The molecule has 4 aliphatic carbocycles. The maximum absolute atomic E-state index is 12.8. The Hall–Kier alpha value is -2.20. The molecule has 9 atom stereocenters. The van der Waals surface area contributed by atoms with Gasteiger partial charge in [-0.1, -0.05) is 55.2 Å². The van der Waals surface area contributed by atoms with Crippen LogP contribution in [0.1, 0.15) is 91.0 Å². The van der Waals surface area contributed by atoms with Crippen molar-refractivity contribution in [2.24, 2.45) is 40.1 Å². The van der Waals surface area contributed by atoms with Gasteiger partial charge in [-0.15, -0.1) is 0 Å². The number of carbonyl (C=O) groups excluding carboxylic acids is 2. The predicted octanol–water partition coefficient (Wildman–Crippen LogP) is 8.22. The molecule has 1 aromatic rings. The number of nitrogens with one attached hydrogen (secondary N) is 1. The van der Waals surface area contributed by atoms with Gasteiger partial charge in [0.1, 0.15) is 5.78 Å². The highest BCUT2D eigenvalue weighted by Gasteiger charge is 2.61. The van der Waals surface area contributed by atoms with Crippen LogP contribution >= 0.6 is 22.6 Å². The van der Waals surface area contributed by atoms with Crippen LogP contribution in [0.15, 0.2) is 46.1 Å². The van der Waals surface area contributed by atoms with Crippen LogP contribution in [-0.4, -0.2) is 54.0 Å². The summed E-state index contributed by atoms with van der Waals surface area (Å²) in [4.78, 5) is 30.7. The van der Waals surface area contributed by atoms with Gasteiger partial charge in [0.25, 0.3) is 0 Å². The SMILES string of the molecule is CC1=C2CC3C(CC=C4CC(=O)CCC43C)C2CCC12OC1CC(C)CN(CCNC(=O)CCc3ccc(N=[N+]=[N-])c(I)c3)C1C2C. The smallest absolute Gasteiger partial charge is 0.220 e. The molecular weight excluding hydrogens is 701 g/mol. The number of hydrogen-bond donors (Lipinski definition) is 1. The Morgan fingerprint density at radius 2 is 2.11 bits per heavy atom. The number of piperidine rings is 1. The minimum Gasteiger partial charge on any atom is -0.365 e. The molecule has 0 aromatic heterocycles. The van der Waals surface area contributed by atoms with E-state index in [1.807, 2.05) is 18.2 Å². The van der Waals surface area contributed by atoms with Gasteiger partial charge in [0, 0.05) is 59.3 Å². The van der Waals surface area contributed by atoms with Gasteiger partial charge >= 0.3 is 0 Å². The van der Waals surface area contributed by atoms with Crippen molar-refractivity contribution in [1.82, 2.24) is 10.2 Å². The third-order valence-electron chi connectivity index (χ3n) is 13.5. The average molecular weight is 752 g/mol. The lowest BCUT2D eigenvalue weighted by atomic mass is 9.57. The van der Waals surface area contributed by atoms with Crippen molar-refractivity contribution in [2.75, 3.05) is 19.6 Å². The lowest BCUT2D eigenvalue weighted by molar-refractivity contribution is -0.122. The molecule has 252 valence electrons. The number of benzene rings is 1. The summed E-state index contributed by atoms with van der Waals surface area (Å²) in [6.07, 6.45) is 12.0. The zero-order valence-corrected chi connectivity index (χ0v) is 30.6. The third-order valence-corrected chi connectivity index (χ3v) is 14.3. The summed E-state index contributed by atoms with van der Waals surface area (Å²) in [5, 5.41) is 6.90. The second-order valence-corrected chi connectivity index (χ2v) is 17.0. The molecule has 7 rings (SSSR count). The average Bonchev–Trinajstić information content (AvgIpc) is 3.56. The van der Waals surface area contributed by atoms with E-state index >= 15 is 0 Å². The summed E-state index contributed by atoms with van der Waals surface area (Å²) in [5.74, 6) is 3.48. The first-order valence-electron chi connectivity index (χ1n) is 18.0. The number of Topliss-reactive ketones (excluding diaryl/α,β-unsaturated/α-hetero) is 1. The number of nitrogens with zero attached hydrogens (tertiary/aromatic N) is 4. The van der Waals surface area contributed by atoms with Gasteiger partial charge in [0.2, 0.25) is 5.91 Å². The number of likely N-dealkylation sites (tertiary alicyclic amines) is 1. The number of azide groups is 1. The van der Waals surface area contributed by atoms with Gasteiger partial charge in [-0.2, -0.15) is 0 Å². The standard InChI is InChI=1S/C38H50IN5O3/c1-22-17-34-36(44(21-22)16-15-41-35(46)10-6-25-5-9-33(42-43-40)32(39)18-25)24(3)38(47-34)14-12-28-29-8-7-26-19-27(45)11-13-37(26,4)31(29)20-30(28)23(38)2/h5,7,9,18,22,24,28-29,31,34,36H,6,8,10-17,19-21H2,1-4H3,(H,41,46). The first-order valence-corrected chi connectivity index (χ1v) is 19.1. The van der Waals surface area contributed by atoms with E-state index in [1.54, 1.807) is 5.57 Å². The number of hydrogen-bond acceptors (Lipinski definition) is 5. The molecular formula is C38H50IN5O3. The van der Waals surface area contributed by atoms with Crippen molar-refractivity contribution < 1.29 is 14.3 Å². The first-order chi connectivity index (χ1) is 22.5. The number of fused-ring (bicyclic) bond motifs is 6. The molecule has 2 saturated heterocycles. The number of ketones is 1. The summed E-state index contributed by atoms with van der Waals surface area (Å²) >= 11 is 2.17. The second-order valence-electron chi connectivity index (χ2n) is 15.9. The number of carbonyl (C=O) groups is 2. The molecule has 2 heterocycles. The van der Waals surface area contributed by atoms with Crippen LogP contribution in [0.4, 0.5) is 5.69 Å². The normalized spacial score (nSPS) is 37.9. The Morgan fingerprint density at radius 1 is 1.28 bits per heavy atom. The fourth-order valence-electron chi connectivity index (χ4n) is 11.1. The molecule has 1 amide bonds. The fourth-order valence-corrected chi connectivity index (χ4v) is 11.8. The van der Waals surface area contributed by atoms with Gasteiger partial charge in [-0.05, 0) is 126 Å². The minimum atomic E-state index is -0.189. The van der Waals surface area contributed by atoms with Gasteiger partial charge < -0.3 is 10.1 Å². The Morgan fingerprint density at radius 3 is 2.89 bits per heavy atom. The number of rotatable bonds is 7. The lowest BCUT2D eigenvalue weighted by Gasteiger charge is -2.47. The molecule has 6 aliphatic rings. The highest BCUT2D eigenvalue weighted by atomic mass is 127. The number of ether oxygens (including phenoxy) is 1.